The molecule has 0 radical (unpaired) electrons. The maximum absolute atomic E-state index is 13.8. The first-order chi connectivity index (χ1) is 9.56. The minimum atomic E-state index is -0.724. The average Bonchev–Trinajstić information content (AvgIpc) is 3.23. The molecular formula is C15H20F2N2O. The summed E-state index contributed by atoms with van der Waals surface area (Å²) >= 11 is 0. The normalized spacial score (nSPS) is 14.2. The maximum Gasteiger partial charge on any atom is 0.254 e. The molecule has 1 aliphatic rings. The van der Waals surface area contributed by atoms with Crippen molar-refractivity contribution in [1.29, 1.82) is 0 Å². The number of nitrogens with one attached hydrogen (secondary N) is 1. The number of nitrogens with zero attached hydrogens (tertiary/aromatic N) is 1. The number of carbonyl (C=O) groups is 1. The monoisotopic (exact) mass is 282 g/mol. The highest BCUT2D eigenvalue weighted by atomic mass is 19.1. The summed E-state index contributed by atoms with van der Waals surface area (Å²) in [5, 5.41) is 2.62. The molecule has 0 heterocycles. The Kier molecular flexibility index (Phi) is 4.57. The minimum Gasteiger partial charge on any atom is -0.381 e. The fourth-order valence-electron chi connectivity index (χ4n) is 2.19. The van der Waals surface area contributed by atoms with Crippen LogP contribution >= 0.6 is 0 Å². The SMILES string of the molecule is CCNc1c(F)cc(C(=O)N(CC)CC2CC2)cc1F. The molecule has 1 amide bonds. The highest BCUT2D eigenvalue weighted by Gasteiger charge is 2.27. The highest BCUT2D eigenvalue weighted by molar-refractivity contribution is 5.94. The molecule has 2 rings (SSSR count). The first-order valence-electron chi connectivity index (χ1n) is 7.09. The van der Waals surface area contributed by atoms with Crippen LogP contribution in [0.3, 0.4) is 0 Å². The first kappa shape index (κ1) is 14.8. The number of amides is 1. The Balaban J connectivity index is 2.20. The molecule has 1 aromatic carbocycles. The quantitative estimate of drug-likeness (QED) is 0.868. The van der Waals surface area contributed by atoms with Gasteiger partial charge < -0.3 is 10.2 Å². The van der Waals surface area contributed by atoms with E-state index >= 15 is 0 Å². The fourth-order valence-corrected chi connectivity index (χ4v) is 2.19. The Morgan fingerprint density at radius 1 is 1.30 bits per heavy atom. The van der Waals surface area contributed by atoms with Crippen molar-refractivity contribution in [2.75, 3.05) is 25.0 Å². The molecule has 0 aliphatic heterocycles. The van der Waals surface area contributed by atoms with Crippen molar-refractivity contribution in [2.24, 2.45) is 5.92 Å². The van der Waals surface area contributed by atoms with Gasteiger partial charge in [0.15, 0.2) is 0 Å². The average molecular weight is 282 g/mol. The summed E-state index contributed by atoms with van der Waals surface area (Å²) in [7, 11) is 0. The Bertz CT molecular complexity index is 478. The van der Waals surface area contributed by atoms with Gasteiger partial charge in [0.05, 0.1) is 0 Å². The molecule has 0 bridgehead atoms. The Morgan fingerprint density at radius 3 is 2.35 bits per heavy atom. The van der Waals surface area contributed by atoms with Gasteiger partial charge in [0.25, 0.3) is 5.91 Å². The third-order valence-corrected chi connectivity index (χ3v) is 3.49. The fraction of sp³-hybridized carbons (Fsp3) is 0.533. The van der Waals surface area contributed by atoms with Gasteiger partial charge in [-0.05, 0) is 44.7 Å². The number of hydrogen-bond donors (Lipinski definition) is 1. The lowest BCUT2D eigenvalue weighted by Gasteiger charge is -2.21. The van der Waals surface area contributed by atoms with Gasteiger partial charge in [0.2, 0.25) is 0 Å². The lowest BCUT2D eigenvalue weighted by molar-refractivity contribution is 0.0756. The molecule has 0 saturated heterocycles. The second-order valence-electron chi connectivity index (χ2n) is 5.13. The third-order valence-electron chi connectivity index (χ3n) is 3.49. The molecule has 5 heteroatoms. The largest absolute Gasteiger partial charge is 0.381 e. The summed E-state index contributed by atoms with van der Waals surface area (Å²) in [6, 6.07) is 2.22. The summed E-state index contributed by atoms with van der Waals surface area (Å²) in [4.78, 5) is 13.9. The molecule has 1 fully saturated rings. The van der Waals surface area contributed by atoms with Crippen molar-refractivity contribution in [3.8, 4) is 0 Å². The van der Waals surface area contributed by atoms with Gasteiger partial charge in [-0.2, -0.15) is 0 Å². The predicted octanol–water partition coefficient (Wildman–Crippen LogP) is 3.27. The molecule has 20 heavy (non-hydrogen) atoms. The van der Waals surface area contributed by atoms with E-state index in [4.69, 9.17) is 0 Å². The van der Waals surface area contributed by atoms with Gasteiger partial charge >= 0.3 is 0 Å². The molecule has 110 valence electrons. The van der Waals surface area contributed by atoms with Crippen LogP contribution in [0.5, 0.6) is 0 Å². The Morgan fingerprint density at radius 2 is 1.90 bits per heavy atom. The standard InChI is InChI=1S/C15H20F2N2O/c1-3-18-14-12(16)7-11(8-13(14)17)15(20)19(4-2)9-10-5-6-10/h7-8,10,18H,3-6,9H2,1-2H3. The summed E-state index contributed by atoms with van der Waals surface area (Å²) in [5.41, 5.74) is -0.0987. The van der Waals surface area contributed by atoms with Crippen molar-refractivity contribution < 1.29 is 13.6 Å². The summed E-state index contributed by atoms with van der Waals surface area (Å²) < 4.78 is 27.7. The number of hydrogen-bond acceptors (Lipinski definition) is 2. The number of benzene rings is 1. The molecule has 0 spiro atoms. The number of anilines is 1. The van der Waals surface area contributed by atoms with Crippen LogP contribution in [0.2, 0.25) is 0 Å². The van der Waals surface area contributed by atoms with Gasteiger partial charge in [0.1, 0.15) is 17.3 Å². The second-order valence-corrected chi connectivity index (χ2v) is 5.13. The molecule has 1 N–H and O–H groups in total. The van der Waals surface area contributed by atoms with E-state index < -0.39 is 11.6 Å². The smallest absolute Gasteiger partial charge is 0.254 e. The maximum atomic E-state index is 13.8. The van der Waals surface area contributed by atoms with E-state index in [-0.39, 0.29) is 17.2 Å². The molecule has 0 unspecified atom stereocenters. The minimum absolute atomic E-state index is 0.0733. The molecule has 1 saturated carbocycles. The molecule has 1 aliphatic carbocycles. The van der Waals surface area contributed by atoms with E-state index in [0.717, 1.165) is 25.0 Å². The molecule has 0 aromatic heterocycles. The summed E-state index contributed by atoms with van der Waals surface area (Å²) in [6.45, 7) is 5.28. The van der Waals surface area contributed by atoms with E-state index in [1.165, 1.54) is 0 Å². The zero-order valence-corrected chi connectivity index (χ0v) is 11.9. The van der Waals surface area contributed by atoms with Crippen molar-refractivity contribution in [2.45, 2.75) is 26.7 Å². The van der Waals surface area contributed by atoms with Crippen LogP contribution in [0.15, 0.2) is 12.1 Å². The van der Waals surface area contributed by atoms with Crippen LogP contribution < -0.4 is 5.32 Å². The highest BCUT2D eigenvalue weighted by Crippen LogP contribution is 2.30. The van der Waals surface area contributed by atoms with Crippen LogP contribution in [0.4, 0.5) is 14.5 Å². The topological polar surface area (TPSA) is 32.3 Å². The van der Waals surface area contributed by atoms with Crippen LogP contribution in [0.1, 0.15) is 37.0 Å². The molecule has 3 nitrogen and oxygen atoms in total. The third kappa shape index (κ3) is 3.26. The summed E-state index contributed by atoms with van der Waals surface area (Å²) in [5.74, 6) is -1.20. The van der Waals surface area contributed by atoms with E-state index in [1.54, 1.807) is 11.8 Å². The number of halogens is 2. The van der Waals surface area contributed by atoms with Crippen molar-refractivity contribution in [3.05, 3.63) is 29.3 Å². The van der Waals surface area contributed by atoms with Crippen LogP contribution in [0, 0.1) is 17.6 Å². The van der Waals surface area contributed by atoms with Crippen molar-refractivity contribution in [3.63, 3.8) is 0 Å². The lowest BCUT2D eigenvalue weighted by Crippen LogP contribution is -2.32. The van der Waals surface area contributed by atoms with E-state index in [9.17, 15) is 13.6 Å². The van der Waals surface area contributed by atoms with Gasteiger partial charge in [-0.1, -0.05) is 0 Å². The van der Waals surface area contributed by atoms with E-state index in [0.29, 0.717) is 25.6 Å². The zero-order chi connectivity index (χ0) is 14.7. The second kappa shape index (κ2) is 6.20. The number of rotatable bonds is 6. The lowest BCUT2D eigenvalue weighted by atomic mass is 10.1. The van der Waals surface area contributed by atoms with E-state index in [1.807, 2.05) is 6.92 Å². The zero-order valence-electron chi connectivity index (χ0n) is 11.9. The van der Waals surface area contributed by atoms with Gasteiger partial charge in [-0.25, -0.2) is 8.78 Å². The first-order valence-corrected chi connectivity index (χ1v) is 7.09. The molecule has 1 aromatic rings. The van der Waals surface area contributed by atoms with Gasteiger partial charge in [-0.3, -0.25) is 4.79 Å². The Labute approximate surface area is 118 Å². The van der Waals surface area contributed by atoms with Crippen LogP contribution in [-0.2, 0) is 0 Å². The molecular weight excluding hydrogens is 262 g/mol. The molecule has 0 atom stereocenters. The predicted molar refractivity (Wildman–Crippen MR) is 74.8 cm³/mol. The van der Waals surface area contributed by atoms with Crippen molar-refractivity contribution in [1.82, 2.24) is 4.90 Å². The van der Waals surface area contributed by atoms with Crippen LogP contribution in [-0.4, -0.2) is 30.4 Å². The van der Waals surface area contributed by atoms with Crippen molar-refractivity contribution >= 4 is 11.6 Å². The van der Waals surface area contributed by atoms with Gasteiger partial charge in [0, 0.05) is 25.2 Å². The van der Waals surface area contributed by atoms with E-state index in [2.05, 4.69) is 5.32 Å². The van der Waals surface area contributed by atoms with Gasteiger partial charge in [-0.15, -0.1) is 0 Å². The summed E-state index contributed by atoms with van der Waals surface area (Å²) in [6.07, 6.45) is 2.26. The number of carbonyl (C=O) groups excluding carboxylic acids is 1. The Hall–Kier alpha value is -1.65. The van der Waals surface area contributed by atoms with Crippen LogP contribution in [0.25, 0.3) is 0 Å².